The van der Waals surface area contributed by atoms with Gasteiger partial charge in [-0.15, -0.1) is 24.0 Å². The number of rotatable bonds is 5. The largest absolute Gasteiger partial charge is 0.454 e. The first-order valence-electron chi connectivity index (χ1n) is 10.1. The molecule has 1 saturated heterocycles. The van der Waals surface area contributed by atoms with E-state index in [1.54, 1.807) is 7.05 Å². The number of anilines is 1. The van der Waals surface area contributed by atoms with Gasteiger partial charge in [-0.25, -0.2) is 0 Å². The minimum absolute atomic E-state index is 0. The first kappa shape index (κ1) is 23.0. The molecule has 8 nitrogen and oxygen atoms in total. The van der Waals surface area contributed by atoms with Crippen LogP contribution in [-0.4, -0.2) is 63.3 Å². The van der Waals surface area contributed by atoms with Gasteiger partial charge in [-0.3, -0.25) is 9.79 Å². The number of aliphatic imine (C=N–C) groups is 1. The number of halogens is 1. The zero-order valence-electron chi connectivity index (χ0n) is 17.5. The molecule has 2 aliphatic heterocycles. The molecule has 2 heterocycles. The van der Waals surface area contributed by atoms with E-state index in [4.69, 9.17) is 9.47 Å². The van der Waals surface area contributed by atoms with Crippen molar-refractivity contribution in [2.24, 2.45) is 4.99 Å². The Hall–Kier alpha value is -2.69. The van der Waals surface area contributed by atoms with Crippen molar-refractivity contribution in [1.82, 2.24) is 15.5 Å². The van der Waals surface area contributed by atoms with Crippen molar-refractivity contribution in [2.45, 2.75) is 6.54 Å². The molecule has 2 aliphatic rings. The van der Waals surface area contributed by atoms with E-state index in [1.807, 2.05) is 41.3 Å². The highest BCUT2D eigenvalue weighted by atomic mass is 127. The number of hydrogen-bond acceptors (Lipinski definition) is 5. The Kier molecular flexibility index (Phi) is 8.21. The molecule has 0 aromatic heterocycles. The molecule has 0 saturated carbocycles. The third-order valence-corrected chi connectivity index (χ3v) is 5.28. The Labute approximate surface area is 199 Å². The first-order chi connectivity index (χ1) is 14.7. The van der Waals surface area contributed by atoms with Crippen molar-refractivity contribution in [2.75, 3.05) is 51.5 Å². The summed E-state index contributed by atoms with van der Waals surface area (Å²) >= 11 is 0. The van der Waals surface area contributed by atoms with Crippen molar-refractivity contribution >= 4 is 41.5 Å². The summed E-state index contributed by atoms with van der Waals surface area (Å²) in [5.74, 6) is 2.18. The van der Waals surface area contributed by atoms with E-state index in [1.165, 1.54) is 5.69 Å². The van der Waals surface area contributed by atoms with Gasteiger partial charge in [0.15, 0.2) is 17.5 Å². The number of nitrogens with one attached hydrogen (secondary N) is 2. The van der Waals surface area contributed by atoms with Crippen LogP contribution < -0.4 is 25.0 Å². The minimum atomic E-state index is 0. The van der Waals surface area contributed by atoms with Crippen LogP contribution in [0.2, 0.25) is 0 Å². The molecule has 2 aromatic rings. The van der Waals surface area contributed by atoms with E-state index in [0.717, 1.165) is 43.2 Å². The van der Waals surface area contributed by atoms with Crippen molar-refractivity contribution in [3.05, 3.63) is 54.1 Å². The monoisotopic (exact) mass is 537 g/mol. The van der Waals surface area contributed by atoms with Crippen LogP contribution in [0.3, 0.4) is 0 Å². The maximum absolute atomic E-state index is 12.6. The normalized spacial score (nSPS) is 15.3. The lowest BCUT2D eigenvalue weighted by Gasteiger charge is -2.36. The summed E-state index contributed by atoms with van der Waals surface area (Å²) in [4.78, 5) is 21.0. The number of para-hydroxylation sites is 1. The van der Waals surface area contributed by atoms with Crippen LogP contribution in [0.4, 0.5) is 5.69 Å². The van der Waals surface area contributed by atoms with Crippen LogP contribution in [0, 0.1) is 0 Å². The molecule has 0 radical (unpaired) electrons. The molecule has 4 rings (SSSR count). The van der Waals surface area contributed by atoms with Gasteiger partial charge in [0.1, 0.15) is 0 Å². The lowest BCUT2D eigenvalue weighted by Crippen LogP contribution is -2.52. The number of nitrogens with zero attached hydrogens (tertiary/aromatic N) is 3. The molecule has 2 aromatic carbocycles. The summed E-state index contributed by atoms with van der Waals surface area (Å²) in [7, 11) is 1.69. The van der Waals surface area contributed by atoms with Crippen LogP contribution in [0.25, 0.3) is 0 Å². The molecular weight excluding hydrogens is 509 g/mol. The quantitative estimate of drug-likeness (QED) is 0.346. The summed E-state index contributed by atoms with van der Waals surface area (Å²) in [6.07, 6.45) is 0. The summed E-state index contributed by atoms with van der Waals surface area (Å²) in [5.41, 5.74) is 2.25. The second-order valence-electron chi connectivity index (χ2n) is 7.17. The highest BCUT2D eigenvalue weighted by Crippen LogP contribution is 2.32. The van der Waals surface area contributed by atoms with Crippen LogP contribution in [0.15, 0.2) is 53.5 Å². The van der Waals surface area contributed by atoms with Crippen LogP contribution in [0.1, 0.15) is 5.56 Å². The Morgan fingerprint density at radius 1 is 1.00 bits per heavy atom. The molecular formula is C22H28IN5O3. The van der Waals surface area contributed by atoms with E-state index < -0.39 is 0 Å². The van der Waals surface area contributed by atoms with Gasteiger partial charge in [0.2, 0.25) is 12.7 Å². The van der Waals surface area contributed by atoms with E-state index in [2.05, 4.69) is 32.7 Å². The van der Waals surface area contributed by atoms with Crippen molar-refractivity contribution < 1.29 is 14.3 Å². The number of fused-ring (bicyclic) bond motifs is 1. The lowest BCUT2D eigenvalue weighted by atomic mass is 10.2. The molecule has 1 fully saturated rings. The summed E-state index contributed by atoms with van der Waals surface area (Å²) in [6.45, 7) is 4.17. The van der Waals surface area contributed by atoms with Crippen LogP contribution in [-0.2, 0) is 11.3 Å². The summed E-state index contributed by atoms with van der Waals surface area (Å²) in [5, 5.41) is 6.34. The van der Waals surface area contributed by atoms with E-state index in [9.17, 15) is 4.79 Å². The Balaban J connectivity index is 0.00000272. The van der Waals surface area contributed by atoms with Crippen molar-refractivity contribution in [3.63, 3.8) is 0 Å². The van der Waals surface area contributed by atoms with E-state index in [-0.39, 0.29) is 43.2 Å². The van der Waals surface area contributed by atoms with Gasteiger partial charge in [-0.2, -0.15) is 0 Å². The van der Waals surface area contributed by atoms with Gasteiger partial charge >= 0.3 is 0 Å². The second kappa shape index (κ2) is 11.1. The molecule has 9 heteroatoms. The standard InChI is InChI=1S/C22H27N5O3.HI/c1-23-22(24-14-17-7-8-19-20(13-17)30-16-29-19)25-15-21(28)27-11-9-26(10-12-27)18-5-3-2-4-6-18;/h2-8,13H,9-12,14-16H2,1H3,(H2,23,24,25);1H. The summed E-state index contributed by atoms with van der Waals surface area (Å²) < 4.78 is 10.7. The van der Waals surface area contributed by atoms with Crippen LogP contribution >= 0.6 is 24.0 Å². The first-order valence-corrected chi connectivity index (χ1v) is 10.1. The molecule has 1 amide bonds. The zero-order valence-corrected chi connectivity index (χ0v) is 19.9. The van der Waals surface area contributed by atoms with Gasteiger partial charge in [0.25, 0.3) is 0 Å². The van der Waals surface area contributed by atoms with Gasteiger partial charge < -0.3 is 29.9 Å². The maximum Gasteiger partial charge on any atom is 0.242 e. The maximum atomic E-state index is 12.6. The summed E-state index contributed by atoms with van der Waals surface area (Å²) in [6, 6.07) is 16.1. The third kappa shape index (κ3) is 5.93. The Bertz CT molecular complexity index is 901. The molecule has 166 valence electrons. The molecule has 2 N–H and O–H groups in total. The minimum Gasteiger partial charge on any atom is -0.454 e. The highest BCUT2D eigenvalue weighted by Gasteiger charge is 2.21. The second-order valence-corrected chi connectivity index (χ2v) is 7.17. The number of amides is 1. The number of ether oxygens (including phenoxy) is 2. The van der Waals surface area contributed by atoms with Gasteiger partial charge in [0.05, 0.1) is 6.54 Å². The molecule has 0 atom stereocenters. The average molecular weight is 537 g/mol. The van der Waals surface area contributed by atoms with Crippen molar-refractivity contribution in [1.29, 1.82) is 0 Å². The van der Waals surface area contributed by atoms with Crippen LogP contribution in [0.5, 0.6) is 11.5 Å². The molecule has 0 unspecified atom stereocenters. The van der Waals surface area contributed by atoms with Gasteiger partial charge in [-0.1, -0.05) is 24.3 Å². The number of guanidine groups is 1. The van der Waals surface area contributed by atoms with Crippen molar-refractivity contribution in [3.8, 4) is 11.5 Å². The topological polar surface area (TPSA) is 78.4 Å². The van der Waals surface area contributed by atoms with E-state index in [0.29, 0.717) is 12.5 Å². The molecule has 0 bridgehead atoms. The number of piperazine rings is 1. The number of hydrogen-bond donors (Lipinski definition) is 2. The molecule has 0 spiro atoms. The lowest BCUT2D eigenvalue weighted by molar-refractivity contribution is -0.130. The fourth-order valence-electron chi connectivity index (χ4n) is 3.58. The van der Waals surface area contributed by atoms with Gasteiger partial charge in [-0.05, 0) is 29.8 Å². The molecule has 0 aliphatic carbocycles. The fourth-order valence-corrected chi connectivity index (χ4v) is 3.58. The highest BCUT2D eigenvalue weighted by molar-refractivity contribution is 14.0. The zero-order chi connectivity index (χ0) is 20.8. The SMILES string of the molecule is CN=C(NCC(=O)N1CCN(c2ccccc2)CC1)NCc1ccc2c(c1)OCO2.I. The number of benzene rings is 2. The smallest absolute Gasteiger partial charge is 0.242 e. The van der Waals surface area contributed by atoms with Gasteiger partial charge in [0, 0.05) is 45.5 Å². The van der Waals surface area contributed by atoms with E-state index >= 15 is 0 Å². The predicted octanol–water partition coefficient (Wildman–Crippen LogP) is 2.05. The molecule has 31 heavy (non-hydrogen) atoms. The average Bonchev–Trinajstić information content (AvgIpc) is 3.27. The Morgan fingerprint density at radius 3 is 2.48 bits per heavy atom. The predicted molar refractivity (Wildman–Crippen MR) is 131 cm³/mol. The number of carbonyl (C=O) groups excluding carboxylic acids is 1. The Morgan fingerprint density at radius 2 is 1.74 bits per heavy atom. The third-order valence-electron chi connectivity index (χ3n) is 5.28. The number of carbonyl (C=O) groups is 1. The fraction of sp³-hybridized carbons (Fsp3) is 0.364.